The van der Waals surface area contributed by atoms with Gasteiger partial charge in [0.2, 0.25) is 0 Å². The summed E-state index contributed by atoms with van der Waals surface area (Å²) in [6.07, 6.45) is 1.85. The summed E-state index contributed by atoms with van der Waals surface area (Å²) in [4.78, 5) is 0. The van der Waals surface area contributed by atoms with Crippen molar-refractivity contribution in [3.63, 3.8) is 0 Å². The Hall–Kier alpha value is -0.310. The summed E-state index contributed by atoms with van der Waals surface area (Å²) in [5.41, 5.74) is 5.49. The lowest BCUT2D eigenvalue weighted by Gasteiger charge is -2.16. The molecule has 2 nitrogen and oxygen atoms in total. The molecule has 46 valence electrons. The summed E-state index contributed by atoms with van der Waals surface area (Å²) in [5, 5.41) is 4.59. The maximum atomic E-state index is 5.49. The van der Waals surface area contributed by atoms with Gasteiger partial charge in [-0.15, -0.1) is 11.8 Å². The third-order valence-corrected chi connectivity index (χ3v) is 1.95. The fourth-order valence-electron chi connectivity index (χ4n) is 0.633. The van der Waals surface area contributed by atoms with Crippen LogP contribution in [0.15, 0.2) is 11.2 Å². The number of nitrogens with one attached hydrogen (secondary N) is 1. The Labute approximate surface area is 53.5 Å². The van der Waals surface area contributed by atoms with E-state index >= 15 is 0 Å². The van der Waals surface area contributed by atoms with E-state index in [0.29, 0.717) is 5.25 Å². The average Bonchev–Trinajstić information content (AvgIpc) is 1.64. The largest absolute Gasteiger partial charge is 0.392 e. The molecule has 0 fully saturated rings. The van der Waals surface area contributed by atoms with Crippen LogP contribution < -0.4 is 11.1 Å². The Morgan fingerprint density at radius 1 is 2.00 bits per heavy atom. The minimum absolute atomic E-state index is 0.625. The van der Waals surface area contributed by atoms with E-state index in [1.807, 2.05) is 6.20 Å². The molecule has 1 rings (SSSR count). The van der Waals surface area contributed by atoms with Gasteiger partial charge in [0.05, 0.1) is 5.03 Å². The van der Waals surface area contributed by atoms with Gasteiger partial charge in [-0.05, 0) is 0 Å². The van der Waals surface area contributed by atoms with E-state index in [0.717, 1.165) is 11.6 Å². The average molecular weight is 130 g/mol. The number of nitrogens with two attached hydrogens (primary N) is 1. The van der Waals surface area contributed by atoms with Crippen LogP contribution in [0.2, 0.25) is 0 Å². The lowest BCUT2D eigenvalue weighted by Crippen LogP contribution is -2.24. The van der Waals surface area contributed by atoms with Gasteiger partial charge in [-0.3, -0.25) is 0 Å². The zero-order chi connectivity index (χ0) is 5.98. The summed E-state index contributed by atoms with van der Waals surface area (Å²) in [7, 11) is 0. The first-order valence-electron chi connectivity index (χ1n) is 2.65. The number of hydrogen-bond acceptors (Lipinski definition) is 3. The first-order valence-corrected chi connectivity index (χ1v) is 3.52. The molecule has 0 amide bonds. The normalized spacial score (nSPS) is 28.6. The maximum Gasteiger partial charge on any atom is 0.0818 e. The van der Waals surface area contributed by atoms with E-state index in [1.54, 1.807) is 11.8 Å². The van der Waals surface area contributed by atoms with Crippen molar-refractivity contribution in [1.82, 2.24) is 5.32 Å². The summed E-state index contributed by atoms with van der Waals surface area (Å²) >= 11 is 1.72. The molecule has 0 aromatic rings. The van der Waals surface area contributed by atoms with E-state index in [-0.39, 0.29) is 0 Å². The van der Waals surface area contributed by atoms with E-state index in [9.17, 15) is 0 Å². The van der Waals surface area contributed by atoms with Crippen molar-refractivity contribution in [2.75, 3.05) is 6.54 Å². The fraction of sp³-hybridized carbons (Fsp3) is 0.600. The van der Waals surface area contributed by atoms with Crippen molar-refractivity contribution in [2.24, 2.45) is 5.73 Å². The Morgan fingerprint density at radius 3 is 3.12 bits per heavy atom. The van der Waals surface area contributed by atoms with Crippen LogP contribution in [0, 0.1) is 0 Å². The SMILES string of the molecule is C[C@H]1CNC=C(N)S1. The van der Waals surface area contributed by atoms with Crippen LogP contribution in [0.3, 0.4) is 0 Å². The molecule has 0 saturated heterocycles. The topological polar surface area (TPSA) is 38.0 Å². The Kier molecular flexibility index (Phi) is 1.68. The van der Waals surface area contributed by atoms with Gasteiger partial charge in [0.25, 0.3) is 0 Å². The molecular formula is C5H10N2S. The van der Waals surface area contributed by atoms with Crippen molar-refractivity contribution in [3.8, 4) is 0 Å². The molecule has 1 heterocycles. The molecule has 1 aliphatic heterocycles. The third kappa shape index (κ3) is 1.33. The van der Waals surface area contributed by atoms with Gasteiger partial charge >= 0.3 is 0 Å². The molecule has 0 aliphatic carbocycles. The van der Waals surface area contributed by atoms with E-state index in [2.05, 4.69) is 12.2 Å². The summed E-state index contributed by atoms with van der Waals surface area (Å²) < 4.78 is 0. The third-order valence-electron chi connectivity index (χ3n) is 0.987. The molecule has 1 aliphatic rings. The standard InChI is InChI=1S/C5H10N2S/c1-4-2-7-3-5(6)8-4/h3-4,7H,2,6H2,1H3/t4-/m0/s1. The number of rotatable bonds is 0. The van der Waals surface area contributed by atoms with E-state index in [4.69, 9.17) is 5.73 Å². The van der Waals surface area contributed by atoms with Gasteiger partial charge in [-0.2, -0.15) is 0 Å². The highest BCUT2D eigenvalue weighted by Crippen LogP contribution is 2.18. The molecule has 3 N–H and O–H groups in total. The lowest BCUT2D eigenvalue weighted by atomic mass is 10.5. The summed E-state index contributed by atoms with van der Waals surface area (Å²) in [6.45, 7) is 3.18. The van der Waals surface area contributed by atoms with Crippen molar-refractivity contribution >= 4 is 11.8 Å². The van der Waals surface area contributed by atoms with Gasteiger partial charge in [-0.1, -0.05) is 6.92 Å². The Morgan fingerprint density at radius 2 is 2.75 bits per heavy atom. The zero-order valence-electron chi connectivity index (χ0n) is 4.85. The molecule has 8 heavy (non-hydrogen) atoms. The van der Waals surface area contributed by atoms with Gasteiger partial charge in [-0.25, -0.2) is 0 Å². The van der Waals surface area contributed by atoms with Crippen LogP contribution in [0.25, 0.3) is 0 Å². The molecule has 0 spiro atoms. The molecule has 0 bridgehead atoms. The Bertz CT molecular complexity index is 111. The van der Waals surface area contributed by atoms with E-state index in [1.165, 1.54) is 0 Å². The number of thioether (sulfide) groups is 1. The maximum absolute atomic E-state index is 5.49. The van der Waals surface area contributed by atoms with Gasteiger partial charge in [0.15, 0.2) is 0 Å². The van der Waals surface area contributed by atoms with Gasteiger partial charge in [0, 0.05) is 18.0 Å². The van der Waals surface area contributed by atoms with Gasteiger partial charge in [0.1, 0.15) is 0 Å². The second-order valence-electron chi connectivity index (χ2n) is 1.88. The molecule has 1 atom stereocenters. The molecule has 0 saturated carbocycles. The van der Waals surface area contributed by atoms with Crippen LogP contribution in [0.5, 0.6) is 0 Å². The van der Waals surface area contributed by atoms with Crippen LogP contribution in [-0.2, 0) is 0 Å². The fourth-order valence-corrected chi connectivity index (χ4v) is 1.43. The number of hydrogen-bond donors (Lipinski definition) is 2. The second-order valence-corrected chi connectivity index (χ2v) is 3.40. The van der Waals surface area contributed by atoms with Crippen LogP contribution in [-0.4, -0.2) is 11.8 Å². The molecule has 0 aromatic carbocycles. The minimum Gasteiger partial charge on any atom is -0.392 e. The highest BCUT2D eigenvalue weighted by molar-refractivity contribution is 8.03. The zero-order valence-corrected chi connectivity index (χ0v) is 5.66. The summed E-state index contributed by atoms with van der Waals surface area (Å²) in [6, 6.07) is 0. The predicted octanol–water partition coefficient (Wildman–Crippen LogP) is 0.469. The molecular weight excluding hydrogens is 120 g/mol. The van der Waals surface area contributed by atoms with Crippen molar-refractivity contribution in [1.29, 1.82) is 0 Å². The van der Waals surface area contributed by atoms with Crippen molar-refractivity contribution in [2.45, 2.75) is 12.2 Å². The molecule has 0 aromatic heterocycles. The highest BCUT2D eigenvalue weighted by Gasteiger charge is 2.06. The monoisotopic (exact) mass is 130 g/mol. The van der Waals surface area contributed by atoms with Crippen molar-refractivity contribution < 1.29 is 0 Å². The van der Waals surface area contributed by atoms with Crippen LogP contribution >= 0.6 is 11.8 Å². The first-order chi connectivity index (χ1) is 3.79. The highest BCUT2D eigenvalue weighted by atomic mass is 32.2. The quantitative estimate of drug-likeness (QED) is 0.500. The predicted molar refractivity (Wildman–Crippen MR) is 37.3 cm³/mol. The van der Waals surface area contributed by atoms with Crippen LogP contribution in [0.1, 0.15) is 6.92 Å². The smallest absolute Gasteiger partial charge is 0.0818 e. The molecule has 3 heteroatoms. The molecule has 0 radical (unpaired) electrons. The van der Waals surface area contributed by atoms with E-state index < -0.39 is 0 Å². The second kappa shape index (κ2) is 2.31. The first kappa shape index (κ1) is 5.82. The summed E-state index contributed by atoms with van der Waals surface area (Å²) in [5.74, 6) is 0. The van der Waals surface area contributed by atoms with Gasteiger partial charge < -0.3 is 11.1 Å². The van der Waals surface area contributed by atoms with Crippen molar-refractivity contribution in [3.05, 3.63) is 11.2 Å². The lowest BCUT2D eigenvalue weighted by molar-refractivity contribution is 0.810. The Balaban J connectivity index is 2.45. The van der Waals surface area contributed by atoms with Crippen LogP contribution in [0.4, 0.5) is 0 Å². The minimum atomic E-state index is 0.625. The molecule has 0 unspecified atom stereocenters.